The van der Waals surface area contributed by atoms with Gasteiger partial charge in [-0.15, -0.1) is 0 Å². The molecule has 0 aliphatic heterocycles. The molecule has 2 aromatic carbocycles. The molecule has 25 heavy (non-hydrogen) atoms. The molecule has 0 fully saturated rings. The number of nitrogens with one attached hydrogen (secondary N) is 1. The van der Waals surface area contributed by atoms with Crippen molar-refractivity contribution in [1.29, 1.82) is 5.26 Å². The summed E-state index contributed by atoms with van der Waals surface area (Å²) in [6.45, 7) is 8.35. The van der Waals surface area contributed by atoms with Gasteiger partial charge in [0.25, 0.3) is 5.91 Å². The van der Waals surface area contributed by atoms with E-state index < -0.39 is 0 Å². The van der Waals surface area contributed by atoms with Crippen LogP contribution in [-0.2, 0) is 10.2 Å². The minimum Gasteiger partial charge on any atom is -0.345 e. The van der Waals surface area contributed by atoms with E-state index in [9.17, 15) is 10.1 Å². The van der Waals surface area contributed by atoms with Crippen molar-refractivity contribution in [3.63, 3.8) is 0 Å². The lowest BCUT2D eigenvalue weighted by molar-refractivity contribution is -0.117. The van der Waals surface area contributed by atoms with Crippen LogP contribution in [0.4, 0.5) is 0 Å². The van der Waals surface area contributed by atoms with E-state index in [4.69, 9.17) is 0 Å². The van der Waals surface area contributed by atoms with Crippen molar-refractivity contribution in [3.05, 3.63) is 76.9 Å². The van der Waals surface area contributed by atoms with Gasteiger partial charge in [0.2, 0.25) is 0 Å². The molecule has 0 unspecified atom stereocenters. The van der Waals surface area contributed by atoms with Crippen molar-refractivity contribution in [3.8, 4) is 6.07 Å². The second-order valence-corrected chi connectivity index (χ2v) is 7.15. The van der Waals surface area contributed by atoms with E-state index in [1.807, 2.05) is 67.6 Å². The van der Waals surface area contributed by atoms with Gasteiger partial charge < -0.3 is 5.32 Å². The summed E-state index contributed by atoms with van der Waals surface area (Å²) < 4.78 is 0. The zero-order valence-corrected chi connectivity index (χ0v) is 15.2. The van der Waals surface area contributed by atoms with Crippen molar-refractivity contribution in [2.75, 3.05) is 0 Å². The molecule has 1 N–H and O–H groups in total. The highest BCUT2D eigenvalue weighted by Crippen LogP contribution is 2.23. The average Bonchev–Trinajstić information content (AvgIpc) is 2.60. The van der Waals surface area contributed by atoms with E-state index in [1.165, 1.54) is 5.56 Å². The summed E-state index contributed by atoms with van der Waals surface area (Å²) in [6.07, 6.45) is 1.62. The van der Waals surface area contributed by atoms with Crippen molar-refractivity contribution in [2.45, 2.75) is 39.2 Å². The standard InChI is InChI=1S/C22H24N2O/c1-16(18-8-6-5-7-9-18)24-21(25)19(15-23)14-17-10-12-20(13-11-17)22(2,3)4/h5-14,16H,1-4H3,(H,24,25)/b19-14-/t16-/m0/s1. The minimum atomic E-state index is -0.362. The fourth-order valence-corrected chi connectivity index (χ4v) is 2.49. The van der Waals surface area contributed by atoms with Crippen molar-refractivity contribution in [1.82, 2.24) is 5.32 Å². The Balaban J connectivity index is 2.14. The molecule has 0 bridgehead atoms. The monoisotopic (exact) mass is 332 g/mol. The Morgan fingerprint density at radius 2 is 1.68 bits per heavy atom. The lowest BCUT2D eigenvalue weighted by Crippen LogP contribution is -2.27. The zero-order chi connectivity index (χ0) is 18.4. The first-order valence-corrected chi connectivity index (χ1v) is 8.39. The Morgan fingerprint density at radius 3 is 2.20 bits per heavy atom. The summed E-state index contributed by atoms with van der Waals surface area (Å²) in [4.78, 5) is 12.4. The maximum atomic E-state index is 12.4. The molecule has 1 amide bonds. The quantitative estimate of drug-likeness (QED) is 0.648. The van der Waals surface area contributed by atoms with Crippen LogP contribution in [0.3, 0.4) is 0 Å². The van der Waals surface area contributed by atoms with Gasteiger partial charge in [-0.2, -0.15) is 5.26 Å². The number of carbonyl (C=O) groups is 1. The lowest BCUT2D eigenvalue weighted by Gasteiger charge is -2.18. The van der Waals surface area contributed by atoms with Gasteiger partial charge in [-0.1, -0.05) is 75.4 Å². The van der Waals surface area contributed by atoms with Crippen LogP contribution >= 0.6 is 0 Å². The second-order valence-electron chi connectivity index (χ2n) is 7.15. The van der Waals surface area contributed by atoms with Crippen molar-refractivity contribution < 1.29 is 4.79 Å². The Kier molecular flexibility index (Phi) is 5.77. The molecule has 3 nitrogen and oxygen atoms in total. The molecule has 0 aliphatic carbocycles. The minimum absolute atomic E-state index is 0.0722. The second kappa shape index (κ2) is 7.81. The molecule has 0 aliphatic rings. The van der Waals surface area contributed by atoms with Crippen LogP contribution < -0.4 is 5.32 Å². The zero-order valence-electron chi connectivity index (χ0n) is 15.2. The summed E-state index contributed by atoms with van der Waals surface area (Å²) in [5.74, 6) is -0.362. The smallest absolute Gasteiger partial charge is 0.262 e. The van der Waals surface area contributed by atoms with Crippen LogP contribution in [-0.4, -0.2) is 5.91 Å². The summed E-state index contributed by atoms with van der Waals surface area (Å²) in [5, 5.41) is 12.2. The summed E-state index contributed by atoms with van der Waals surface area (Å²) >= 11 is 0. The molecule has 0 heterocycles. The molecule has 2 rings (SSSR count). The van der Waals surface area contributed by atoms with Crippen LogP contribution in [0, 0.1) is 11.3 Å². The Labute approximate surface area is 150 Å². The van der Waals surface area contributed by atoms with E-state index >= 15 is 0 Å². The van der Waals surface area contributed by atoms with Crippen molar-refractivity contribution in [2.24, 2.45) is 0 Å². The highest BCUT2D eigenvalue weighted by Gasteiger charge is 2.15. The highest BCUT2D eigenvalue weighted by molar-refractivity contribution is 6.01. The molecular formula is C22H24N2O. The maximum absolute atomic E-state index is 12.4. The van der Waals surface area contributed by atoms with Crippen LogP contribution in [0.15, 0.2) is 60.2 Å². The van der Waals surface area contributed by atoms with E-state index in [-0.39, 0.29) is 22.9 Å². The highest BCUT2D eigenvalue weighted by atomic mass is 16.1. The van der Waals surface area contributed by atoms with E-state index in [0.29, 0.717) is 0 Å². The fourth-order valence-electron chi connectivity index (χ4n) is 2.49. The molecule has 3 heteroatoms. The number of nitrogens with zero attached hydrogens (tertiary/aromatic N) is 1. The Hall–Kier alpha value is -2.86. The molecule has 0 spiro atoms. The summed E-state index contributed by atoms with van der Waals surface area (Å²) in [5.41, 5.74) is 3.23. The number of rotatable bonds is 4. The van der Waals surface area contributed by atoms with Gasteiger partial charge in [-0.25, -0.2) is 0 Å². The number of hydrogen-bond donors (Lipinski definition) is 1. The first-order valence-electron chi connectivity index (χ1n) is 8.39. The van der Waals surface area contributed by atoms with Gasteiger partial charge in [-0.3, -0.25) is 4.79 Å². The first kappa shape index (κ1) is 18.5. The maximum Gasteiger partial charge on any atom is 0.262 e. The predicted octanol–water partition coefficient (Wildman–Crippen LogP) is 4.77. The van der Waals surface area contributed by atoms with Crippen molar-refractivity contribution >= 4 is 12.0 Å². The topological polar surface area (TPSA) is 52.9 Å². The molecule has 2 aromatic rings. The van der Waals surface area contributed by atoms with Gasteiger partial charge in [0, 0.05) is 0 Å². The van der Waals surface area contributed by atoms with E-state index in [1.54, 1.807) is 6.08 Å². The Morgan fingerprint density at radius 1 is 1.08 bits per heavy atom. The molecule has 0 aromatic heterocycles. The van der Waals surface area contributed by atoms with Crippen LogP contribution in [0.25, 0.3) is 6.08 Å². The number of hydrogen-bond acceptors (Lipinski definition) is 2. The van der Waals surface area contributed by atoms with Gasteiger partial charge in [0.05, 0.1) is 6.04 Å². The van der Waals surface area contributed by atoms with Crippen LogP contribution in [0.5, 0.6) is 0 Å². The third kappa shape index (κ3) is 5.06. The molecule has 128 valence electrons. The largest absolute Gasteiger partial charge is 0.345 e. The average molecular weight is 332 g/mol. The van der Waals surface area contributed by atoms with Gasteiger partial charge in [0.15, 0.2) is 0 Å². The first-order chi connectivity index (χ1) is 11.8. The fraction of sp³-hybridized carbons (Fsp3) is 0.273. The predicted molar refractivity (Wildman–Crippen MR) is 102 cm³/mol. The normalized spacial score (nSPS) is 13.0. The number of amides is 1. The van der Waals surface area contributed by atoms with E-state index in [2.05, 4.69) is 26.1 Å². The number of benzene rings is 2. The SMILES string of the molecule is C[C@H](NC(=O)/C(C#N)=C\c1ccc(C(C)(C)C)cc1)c1ccccc1. The third-order valence-electron chi connectivity index (χ3n) is 4.10. The van der Waals surface area contributed by atoms with Gasteiger partial charge >= 0.3 is 0 Å². The number of carbonyl (C=O) groups excluding carboxylic acids is 1. The summed E-state index contributed by atoms with van der Waals surface area (Å²) in [6, 6.07) is 19.5. The molecule has 0 radical (unpaired) electrons. The molecule has 0 saturated heterocycles. The molecule has 0 saturated carbocycles. The molecule has 1 atom stereocenters. The van der Waals surface area contributed by atoms with E-state index in [0.717, 1.165) is 11.1 Å². The lowest BCUT2D eigenvalue weighted by atomic mass is 9.86. The van der Waals surface area contributed by atoms with Crippen LogP contribution in [0.1, 0.15) is 50.4 Å². The molecular weight excluding hydrogens is 308 g/mol. The summed E-state index contributed by atoms with van der Waals surface area (Å²) in [7, 11) is 0. The number of nitriles is 1. The van der Waals surface area contributed by atoms with Gasteiger partial charge in [-0.05, 0) is 35.1 Å². The Bertz CT molecular complexity index is 791. The van der Waals surface area contributed by atoms with Gasteiger partial charge in [0.1, 0.15) is 11.6 Å². The third-order valence-corrected chi connectivity index (χ3v) is 4.10. The van der Waals surface area contributed by atoms with Crippen LogP contribution in [0.2, 0.25) is 0 Å².